The smallest absolute Gasteiger partial charge is 0.275 e. The van der Waals surface area contributed by atoms with E-state index in [1.807, 2.05) is 23.1 Å². The summed E-state index contributed by atoms with van der Waals surface area (Å²) in [5.41, 5.74) is -0.197. The average Bonchev–Trinajstić information content (AvgIpc) is 2.83. The van der Waals surface area contributed by atoms with Crippen molar-refractivity contribution in [2.75, 3.05) is 13.1 Å². The second-order valence-corrected chi connectivity index (χ2v) is 6.28. The molecule has 0 radical (unpaired) electrons. The molecule has 0 unspecified atom stereocenters. The lowest BCUT2D eigenvalue weighted by atomic mass is 9.98. The van der Waals surface area contributed by atoms with Crippen LogP contribution < -0.4 is 5.56 Å². The SMILES string of the molecule is CC[C@@H]1CCCN(C(=O)Cn2ncc3ccccc3c2=O)CC1. The van der Waals surface area contributed by atoms with Crippen molar-refractivity contribution in [3.8, 4) is 0 Å². The fraction of sp³-hybridized carbons (Fsp3) is 0.500. The number of likely N-dealkylation sites (tertiary alicyclic amines) is 1. The van der Waals surface area contributed by atoms with Crippen LogP contribution in [0.5, 0.6) is 0 Å². The first-order valence-corrected chi connectivity index (χ1v) is 8.41. The zero-order valence-electron chi connectivity index (χ0n) is 13.6. The Morgan fingerprint density at radius 1 is 1.26 bits per heavy atom. The van der Waals surface area contributed by atoms with Crippen LogP contribution in [-0.4, -0.2) is 33.7 Å². The van der Waals surface area contributed by atoms with Crippen molar-refractivity contribution in [3.63, 3.8) is 0 Å². The van der Waals surface area contributed by atoms with Crippen molar-refractivity contribution in [2.24, 2.45) is 5.92 Å². The number of fused-ring (bicyclic) bond motifs is 1. The number of amides is 1. The van der Waals surface area contributed by atoms with Crippen molar-refractivity contribution in [1.82, 2.24) is 14.7 Å². The van der Waals surface area contributed by atoms with Gasteiger partial charge >= 0.3 is 0 Å². The van der Waals surface area contributed by atoms with Crippen LogP contribution in [0.25, 0.3) is 10.8 Å². The van der Waals surface area contributed by atoms with Crippen LogP contribution in [0.4, 0.5) is 0 Å². The molecule has 1 saturated heterocycles. The number of hydrogen-bond acceptors (Lipinski definition) is 3. The first-order valence-electron chi connectivity index (χ1n) is 8.41. The summed E-state index contributed by atoms with van der Waals surface area (Å²) in [5, 5.41) is 5.57. The van der Waals surface area contributed by atoms with Crippen LogP contribution in [-0.2, 0) is 11.3 Å². The monoisotopic (exact) mass is 313 g/mol. The molecule has 1 aliphatic rings. The van der Waals surface area contributed by atoms with Crippen molar-refractivity contribution >= 4 is 16.7 Å². The molecule has 1 amide bonds. The summed E-state index contributed by atoms with van der Waals surface area (Å²) in [6.07, 6.45) is 6.12. The van der Waals surface area contributed by atoms with Gasteiger partial charge in [0.15, 0.2) is 0 Å². The number of benzene rings is 1. The highest BCUT2D eigenvalue weighted by molar-refractivity contribution is 5.81. The Morgan fingerprint density at radius 2 is 2.09 bits per heavy atom. The molecule has 2 aromatic rings. The maximum Gasteiger partial charge on any atom is 0.275 e. The lowest BCUT2D eigenvalue weighted by Gasteiger charge is -2.20. The summed E-state index contributed by atoms with van der Waals surface area (Å²) in [5.74, 6) is 0.709. The normalized spacial score (nSPS) is 18.8. The molecule has 0 aliphatic carbocycles. The molecule has 0 spiro atoms. The summed E-state index contributed by atoms with van der Waals surface area (Å²) >= 11 is 0. The minimum Gasteiger partial charge on any atom is -0.341 e. The number of aromatic nitrogens is 2. The maximum atomic E-state index is 12.5. The van der Waals surface area contributed by atoms with Gasteiger partial charge in [0.1, 0.15) is 6.54 Å². The van der Waals surface area contributed by atoms with E-state index in [4.69, 9.17) is 0 Å². The van der Waals surface area contributed by atoms with Gasteiger partial charge in [-0.2, -0.15) is 5.10 Å². The fourth-order valence-electron chi connectivity index (χ4n) is 3.29. The lowest BCUT2D eigenvalue weighted by molar-refractivity contribution is -0.132. The van der Waals surface area contributed by atoms with E-state index in [1.54, 1.807) is 12.3 Å². The van der Waals surface area contributed by atoms with Gasteiger partial charge in [-0.15, -0.1) is 0 Å². The molecule has 1 aromatic heterocycles. The summed E-state index contributed by atoms with van der Waals surface area (Å²) in [6.45, 7) is 3.82. The molecule has 1 aliphatic heterocycles. The second kappa shape index (κ2) is 6.94. The Balaban J connectivity index is 1.75. The molecular formula is C18H23N3O2. The highest BCUT2D eigenvalue weighted by Gasteiger charge is 2.20. The number of carbonyl (C=O) groups excluding carboxylic acids is 1. The fourth-order valence-corrected chi connectivity index (χ4v) is 3.29. The molecule has 0 bridgehead atoms. The van der Waals surface area contributed by atoms with E-state index in [1.165, 1.54) is 17.5 Å². The Kier molecular flexibility index (Phi) is 4.74. The highest BCUT2D eigenvalue weighted by Crippen LogP contribution is 2.20. The van der Waals surface area contributed by atoms with E-state index >= 15 is 0 Å². The molecule has 1 atom stereocenters. The summed E-state index contributed by atoms with van der Waals surface area (Å²) in [6, 6.07) is 7.34. The van der Waals surface area contributed by atoms with Crippen molar-refractivity contribution in [2.45, 2.75) is 39.2 Å². The Morgan fingerprint density at radius 3 is 2.91 bits per heavy atom. The molecule has 5 heteroatoms. The zero-order chi connectivity index (χ0) is 16.2. The van der Waals surface area contributed by atoms with Gasteiger partial charge in [0.2, 0.25) is 5.91 Å². The van der Waals surface area contributed by atoms with Gasteiger partial charge in [0.25, 0.3) is 5.56 Å². The van der Waals surface area contributed by atoms with Crippen molar-refractivity contribution < 1.29 is 4.79 Å². The molecular weight excluding hydrogens is 290 g/mol. The van der Waals surface area contributed by atoms with Gasteiger partial charge in [-0.25, -0.2) is 4.68 Å². The predicted molar refractivity (Wildman–Crippen MR) is 90.2 cm³/mol. The molecule has 0 N–H and O–H groups in total. The van der Waals surface area contributed by atoms with E-state index in [9.17, 15) is 9.59 Å². The van der Waals surface area contributed by atoms with Gasteiger partial charge in [0, 0.05) is 18.5 Å². The maximum absolute atomic E-state index is 12.5. The summed E-state index contributed by atoms with van der Waals surface area (Å²) in [7, 11) is 0. The topological polar surface area (TPSA) is 55.2 Å². The molecule has 23 heavy (non-hydrogen) atoms. The predicted octanol–water partition coefficient (Wildman–Crippen LogP) is 2.44. The molecule has 1 fully saturated rings. The third-order valence-corrected chi connectivity index (χ3v) is 4.82. The van der Waals surface area contributed by atoms with E-state index in [0.717, 1.165) is 31.3 Å². The van der Waals surface area contributed by atoms with Crippen LogP contribution in [0, 0.1) is 5.92 Å². The number of nitrogens with zero attached hydrogens (tertiary/aromatic N) is 3. The van der Waals surface area contributed by atoms with Crippen LogP contribution in [0.3, 0.4) is 0 Å². The van der Waals surface area contributed by atoms with Gasteiger partial charge in [-0.05, 0) is 31.2 Å². The lowest BCUT2D eigenvalue weighted by Crippen LogP contribution is -2.38. The molecule has 0 saturated carbocycles. The third kappa shape index (κ3) is 3.44. The zero-order valence-corrected chi connectivity index (χ0v) is 13.6. The minimum atomic E-state index is -0.197. The van der Waals surface area contributed by atoms with Crippen LogP contribution >= 0.6 is 0 Å². The summed E-state index contributed by atoms with van der Waals surface area (Å²) in [4.78, 5) is 26.9. The largest absolute Gasteiger partial charge is 0.341 e. The number of carbonyl (C=O) groups is 1. The van der Waals surface area contributed by atoms with E-state index in [2.05, 4.69) is 12.0 Å². The van der Waals surface area contributed by atoms with E-state index < -0.39 is 0 Å². The molecule has 1 aromatic carbocycles. The van der Waals surface area contributed by atoms with E-state index in [0.29, 0.717) is 11.3 Å². The molecule has 122 valence electrons. The van der Waals surface area contributed by atoms with Gasteiger partial charge in [-0.1, -0.05) is 31.5 Å². The average molecular weight is 313 g/mol. The number of hydrogen-bond donors (Lipinski definition) is 0. The first kappa shape index (κ1) is 15.7. The van der Waals surface area contributed by atoms with Gasteiger partial charge < -0.3 is 4.90 Å². The Hall–Kier alpha value is -2.17. The van der Waals surface area contributed by atoms with Crippen LogP contribution in [0.2, 0.25) is 0 Å². The van der Waals surface area contributed by atoms with Crippen molar-refractivity contribution in [1.29, 1.82) is 0 Å². The molecule has 3 rings (SSSR count). The van der Waals surface area contributed by atoms with Gasteiger partial charge in [-0.3, -0.25) is 9.59 Å². The molecule has 5 nitrogen and oxygen atoms in total. The Labute approximate surface area is 135 Å². The first-order chi connectivity index (χ1) is 11.2. The van der Waals surface area contributed by atoms with Crippen LogP contribution in [0.15, 0.2) is 35.3 Å². The Bertz CT molecular complexity index is 753. The van der Waals surface area contributed by atoms with Gasteiger partial charge in [0.05, 0.1) is 11.6 Å². The standard InChI is InChI=1S/C18H23N3O2/c1-2-14-6-5-10-20(11-9-14)17(22)13-21-18(23)16-8-4-3-7-15(16)12-19-21/h3-4,7-8,12,14H,2,5-6,9-11,13H2,1H3/t14-/m1/s1. The summed E-state index contributed by atoms with van der Waals surface area (Å²) < 4.78 is 1.28. The second-order valence-electron chi connectivity index (χ2n) is 6.28. The third-order valence-electron chi connectivity index (χ3n) is 4.82. The highest BCUT2D eigenvalue weighted by atomic mass is 16.2. The van der Waals surface area contributed by atoms with Crippen molar-refractivity contribution in [3.05, 3.63) is 40.8 Å². The van der Waals surface area contributed by atoms with Crippen LogP contribution in [0.1, 0.15) is 32.6 Å². The quantitative estimate of drug-likeness (QED) is 0.874. The molecule has 2 heterocycles. The minimum absolute atomic E-state index is 0.00775. The number of rotatable bonds is 3. The van der Waals surface area contributed by atoms with E-state index in [-0.39, 0.29) is 18.0 Å².